The van der Waals surface area contributed by atoms with Crippen molar-refractivity contribution in [2.75, 3.05) is 19.2 Å². The topological polar surface area (TPSA) is 82.2 Å². The number of hydrogen-bond donors (Lipinski definition) is 1. The van der Waals surface area contributed by atoms with Crippen LogP contribution in [0.5, 0.6) is 5.75 Å². The van der Waals surface area contributed by atoms with Crippen LogP contribution < -0.4 is 9.75 Å². The second-order valence-corrected chi connectivity index (χ2v) is 7.77. The summed E-state index contributed by atoms with van der Waals surface area (Å²) in [6, 6.07) is 21.7. The van der Waals surface area contributed by atoms with Crippen LogP contribution in [-0.4, -0.2) is 36.3 Å². The van der Waals surface area contributed by atoms with E-state index >= 15 is 0 Å². The Balaban J connectivity index is 1.57. The number of benzene rings is 3. The van der Waals surface area contributed by atoms with E-state index in [2.05, 4.69) is 15.6 Å². The molecular weight excluding hydrogens is 418 g/mol. The van der Waals surface area contributed by atoms with Gasteiger partial charge >= 0.3 is 0 Å². The minimum absolute atomic E-state index is 0.322. The highest BCUT2D eigenvalue weighted by molar-refractivity contribution is 6.12. The Morgan fingerprint density at radius 2 is 1.76 bits per heavy atom. The van der Waals surface area contributed by atoms with Crippen molar-refractivity contribution in [3.8, 4) is 5.75 Å². The third-order valence-electron chi connectivity index (χ3n) is 5.51. The van der Waals surface area contributed by atoms with Crippen LogP contribution in [0.3, 0.4) is 0 Å². The number of rotatable bonds is 7. The summed E-state index contributed by atoms with van der Waals surface area (Å²) >= 11 is 0. The maximum atomic E-state index is 10.4. The number of oxime groups is 1. The average Bonchev–Trinajstić information content (AvgIpc) is 3.16. The monoisotopic (exact) mass is 445 g/mol. The molecular formula is C25H27N5O3. The molecule has 33 heavy (non-hydrogen) atoms. The number of anilines is 1. The van der Waals surface area contributed by atoms with Gasteiger partial charge in [0, 0.05) is 23.7 Å². The number of nitrogens with zero attached hydrogens (tertiary/aromatic N) is 5. The number of ether oxygens (including phenoxy) is 1. The molecule has 1 atom stereocenters. The van der Waals surface area contributed by atoms with Crippen LogP contribution in [0.1, 0.15) is 27.8 Å². The van der Waals surface area contributed by atoms with E-state index in [1.807, 2.05) is 80.6 Å². The lowest BCUT2D eigenvalue weighted by Gasteiger charge is -2.24. The number of aryl methyl sites for hydroxylation is 2. The van der Waals surface area contributed by atoms with Crippen LogP contribution in [-0.2, 0) is 11.4 Å². The molecule has 4 rings (SSSR count). The molecule has 8 heteroatoms. The van der Waals surface area contributed by atoms with E-state index in [-0.39, 0.29) is 0 Å². The van der Waals surface area contributed by atoms with E-state index < -0.39 is 6.35 Å². The molecule has 0 saturated carbocycles. The standard InChI is InChI=1S/C25H27N5O3/c1-17-9-8-12-22(30-25(31)29(3)27-28-30)21(17)16-33-23-14-13-20(15-18(23)2)24(26-32-4)19-10-6-5-7-11-19/h5-15,25,31H,16H2,1-4H3. The maximum Gasteiger partial charge on any atom is 0.245 e. The van der Waals surface area contributed by atoms with Gasteiger partial charge in [-0.3, -0.25) is 0 Å². The van der Waals surface area contributed by atoms with Crippen LogP contribution in [0.2, 0.25) is 0 Å². The zero-order chi connectivity index (χ0) is 23.4. The van der Waals surface area contributed by atoms with E-state index in [9.17, 15) is 5.11 Å². The van der Waals surface area contributed by atoms with E-state index in [4.69, 9.17) is 9.57 Å². The predicted molar refractivity (Wildman–Crippen MR) is 127 cm³/mol. The van der Waals surface area contributed by atoms with Crippen LogP contribution >= 0.6 is 0 Å². The Hall–Kier alpha value is -3.91. The van der Waals surface area contributed by atoms with Gasteiger partial charge in [-0.1, -0.05) is 47.6 Å². The van der Waals surface area contributed by atoms with Crippen molar-refractivity contribution < 1.29 is 14.7 Å². The van der Waals surface area contributed by atoms with Crippen molar-refractivity contribution in [1.82, 2.24) is 5.01 Å². The molecule has 1 unspecified atom stereocenters. The van der Waals surface area contributed by atoms with Crippen LogP contribution in [0.4, 0.5) is 5.69 Å². The lowest BCUT2D eigenvalue weighted by Crippen LogP contribution is -2.36. The lowest BCUT2D eigenvalue weighted by atomic mass is 10.0. The molecule has 1 heterocycles. The molecule has 3 aromatic rings. The van der Waals surface area contributed by atoms with Gasteiger partial charge in [0.15, 0.2) is 0 Å². The second-order valence-electron chi connectivity index (χ2n) is 7.77. The minimum atomic E-state index is -0.956. The Labute approximate surface area is 193 Å². The Morgan fingerprint density at radius 3 is 2.42 bits per heavy atom. The summed E-state index contributed by atoms with van der Waals surface area (Å²) in [5.74, 6) is 0.762. The van der Waals surface area contributed by atoms with Crippen molar-refractivity contribution >= 4 is 11.4 Å². The summed E-state index contributed by atoms with van der Waals surface area (Å²) in [4.78, 5) is 5.09. The summed E-state index contributed by atoms with van der Waals surface area (Å²) in [6.07, 6.45) is -0.956. The fraction of sp³-hybridized carbons (Fsp3) is 0.240. The molecule has 170 valence electrons. The third-order valence-corrected chi connectivity index (χ3v) is 5.51. The van der Waals surface area contributed by atoms with Gasteiger partial charge < -0.3 is 14.7 Å². The summed E-state index contributed by atoms with van der Waals surface area (Å²) in [5, 5.41) is 25.5. The normalized spacial score (nSPS) is 15.8. The van der Waals surface area contributed by atoms with Crippen molar-refractivity contribution in [3.05, 3.63) is 94.5 Å². The molecule has 1 N–H and O–H groups in total. The largest absolute Gasteiger partial charge is 0.489 e. The molecule has 0 radical (unpaired) electrons. The molecule has 8 nitrogen and oxygen atoms in total. The number of aliphatic hydroxyl groups is 1. The van der Waals surface area contributed by atoms with Crippen LogP contribution in [0.25, 0.3) is 0 Å². The van der Waals surface area contributed by atoms with Gasteiger partial charge in [-0.25, -0.2) is 5.01 Å². The molecule has 0 aliphatic carbocycles. The molecule has 0 spiro atoms. The molecule has 0 aromatic heterocycles. The van der Waals surface area contributed by atoms with Gasteiger partial charge in [0.2, 0.25) is 6.35 Å². The van der Waals surface area contributed by atoms with Gasteiger partial charge in [0.1, 0.15) is 25.2 Å². The second kappa shape index (κ2) is 9.70. The highest BCUT2D eigenvalue weighted by Crippen LogP contribution is 2.31. The molecule has 1 aliphatic heterocycles. The Kier molecular flexibility index (Phi) is 6.55. The SMILES string of the molecule is CON=C(c1ccccc1)c1ccc(OCc2c(C)cccc2N2N=NN(C)C2O)c(C)c1. The number of hydrogen-bond acceptors (Lipinski definition) is 8. The predicted octanol–water partition coefficient (Wildman–Crippen LogP) is 4.59. The van der Waals surface area contributed by atoms with Gasteiger partial charge in [0.25, 0.3) is 0 Å². The summed E-state index contributed by atoms with van der Waals surface area (Å²) in [6.45, 7) is 4.33. The van der Waals surface area contributed by atoms with Crippen molar-refractivity contribution in [2.24, 2.45) is 15.6 Å². The average molecular weight is 446 g/mol. The van der Waals surface area contributed by atoms with Crippen LogP contribution in [0.15, 0.2) is 82.3 Å². The summed E-state index contributed by atoms with van der Waals surface area (Å²) in [5.41, 5.74) is 6.36. The fourth-order valence-electron chi connectivity index (χ4n) is 3.69. The van der Waals surface area contributed by atoms with E-state index in [1.54, 1.807) is 14.2 Å². The van der Waals surface area contributed by atoms with E-state index in [0.29, 0.717) is 6.61 Å². The lowest BCUT2D eigenvalue weighted by molar-refractivity contribution is 0.0456. The van der Waals surface area contributed by atoms with Gasteiger partial charge in [-0.2, -0.15) is 5.01 Å². The van der Waals surface area contributed by atoms with E-state index in [0.717, 1.165) is 45.0 Å². The highest BCUT2D eigenvalue weighted by atomic mass is 16.6. The minimum Gasteiger partial charge on any atom is -0.489 e. The molecule has 0 saturated heterocycles. The quantitative estimate of drug-likeness (QED) is 0.425. The highest BCUT2D eigenvalue weighted by Gasteiger charge is 2.28. The Morgan fingerprint density at radius 1 is 0.970 bits per heavy atom. The maximum absolute atomic E-state index is 10.4. The Bertz CT molecular complexity index is 1180. The third kappa shape index (κ3) is 4.65. The van der Waals surface area contributed by atoms with Crippen molar-refractivity contribution in [2.45, 2.75) is 26.8 Å². The first kappa shape index (κ1) is 22.3. The van der Waals surface area contributed by atoms with Crippen molar-refractivity contribution in [1.29, 1.82) is 0 Å². The van der Waals surface area contributed by atoms with Crippen molar-refractivity contribution in [3.63, 3.8) is 0 Å². The van der Waals surface area contributed by atoms with Gasteiger partial charge in [0.05, 0.1) is 5.69 Å². The summed E-state index contributed by atoms with van der Waals surface area (Å²) in [7, 11) is 3.21. The smallest absolute Gasteiger partial charge is 0.245 e. The molecule has 0 fully saturated rings. The number of aliphatic hydroxyl groups excluding tert-OH is 1. The fourth-order valence-corrected chi connectivity index (χ4v) is 3.69. The molecule has 0 bridgehead atoms. The van der Waals surface area contributed by atoms with Gasteiger partial charge in [-0.15, -0.1) is 0 Å². The molecule has 0 amide bonds. The van der Waals surface area contributed by atoms with Crippen LogP contribution in [0, 0.1) is 13.8 Å². The van der Waals surface area contributed by atoms with E-state index in [1.165, 1.54) is 10.0 Å². The zero-order valence-corrected chi connectivity index (χ0v) is 19.1. The molecule has 1 aliphatic rings. The first-order valence-electron chi connectivity index (χ1n) is 10.6. The first-order chi connectivity index (χ1) is 16.0. The summed E-state index contributed by atoms with van der Waals surface area (Å²) < 4.78 is 6.20. The first-order valence-corrected chi connectivity index (χ1v) is 10.6. The van der Waals surface area contributed by atoms with Gasteiger partial charge in [-0.05, 0) is 59.7 Å². The zero-order valence-electron chi connectivity index (χ0n) is 19.1. The molecule has 3 aromatic carbocycles.